The standard InChI is InChI=1S/C9H9Cl2N3O2S/c1-14(4-2-3-12)17(15,16)7-5-8(10)9(11)13-6-7/h5-6H,2,4H2,1H3. The van der Waals surface area contributed by atoms with E-state index in [1.54, 1.807) is 0 Å². The lowest BCUT2D eigenvalue weighted by Crippen LogP contribution is -2.27. The fraction of sp³-hybridized carbons (Fsp3) is 0.333. The number of halogens is 2. The van der Waals surface area contributed by atoms with Crippen LogP contribution in [0.15, 0.2) is 17.2 Å². The molecule has 8 heteroatoms. The Morgan fingerprint density at radius 3 is 2.71 bits per heavy atom. The van der Waals surface area contributed by atoms with Gasteiger partial charge in [-0.2, -0.15) is 9.57 Å². The quantitative estimate of drug-likeness (QED) is 0.795. The normalized spacial score (nSPS) is 11.5. The van der Waals surface area contributed by atoms with Gasteiger partial charge in [0.25, 0.3) is 0 Å². The van der Waals surface area contributed by atoms with Crippen LogP contribution in [0.4, 0.5) is 0 Å². The molecule has 0 aliphatic heterocycles. The van der Waals surface area contributed by atoms with Crippen molar-refractivity contribution in [3.05, 3.63) is 22.4 Å². The van der Waals surface area contributed by atoms with Gasteiger partial charge in [-0.25, -0.2) is 13.4 Å². The summed E-state index contributed by atoms with van der Waals surface area (Å²) < 4.78 is 25.0. The molecule has 1 rings (SSSR count). The Kier molecular flexibility index (Phi) is 4.71. The Balaban J connectivity index is 3.05. The van der Waals surface area contributed by atoms with Crippen molar-refractivity contribution in [3.63, 3.8) is 0 Å². The Bertz CT molecular complexity index is 554. The van der Waals surface area contributed by atoms with Crippen LogP contribution in [0.1, 0.15) is 6.42 Å². The first-order chi connectivity index (χ1) is 7.89. The van der Waals surface area contributed by atoms with Crippen LogP contribution in [0.2, 0.25) is 10.2 Å². The van der Waals surface area contributed by atoms with Crippen LogP contribution < -0.4 is 0 Å². The number of nitriles is 1. The molecule has 0 amide bonds. The van der Waals surface area contributed by atoms with E-state index in [1.807, 2.05) is 6.07 Å². The monoisotopic (exact) mass is 293 g/mol. The van der Waals surface area contributed by atoms with Gasteiger partial charge in [0.1, 0.15) is 10.0 Å². The van der Waals surface area contributed by atoms with Crippen LogP contribution in [-0.4, -0.2) is 31.3 Å². The largest absolute Gasteiger partial charge is 0.244 e. The molecule has 0 atom stereocenters. The van der Waals surface area contributed by atoms with Crippen molar-refractivity contribution in [3.8, 4) is 6.07 Å². The third-order valence-electron chi connectivity index (χ3n) is 2.02. The summed E-state index contributed by atoms with van der Waals surface area (Å²) in [4.78, 5) is 3.62. The molecule has 0 radical (unpaired) electrons. The van der Waals surface area contributed by atoms with E-state index in [4.69, 9.17) is 28.5 Å². The first kappa shape index (κ1) is 14.2. The van der Waals surface area contributed by atoms with Crippen molar-refractivity contribution in [2.75, 3.05) is 13.6 Å². The summed E-state index contributed by atoms with van der Waals surface area (Å²) in [6, 6.07) is 3.10. The fourth-order valence-electron chi connectivity index (χ4n) is 1.05. The molecule has 0 spiro atoms. The SMILES string of the molecule is CN(CCC#N)S(=O)(=O)c1cnc(Cl)c(Cl)c1. The van der Waals surface area contributed by atoms with Gasteiger partial charge in [-0.3, -0.25) is 0 Å². The molecular formula is C9H9Cl2N3O2S. The molecule has 0 bridgehead atoms. The highest BCUT2D eigenvalue weighted by molar-refractivity contribution is 7.89. The Morgan fingerprint density at radius 2 is 2.18 bits per heavy atom. The molecule has 0 fully saturated rings. The number of hydrogen-bond acceptors (Lipinski definition) is 4. The van der Waals surface area contributed by atoms with Crippen molar-refractivity contribution in [2.45, 2.75) is 11.3 Å². The van der Waals surface area contributed by atoms with E-state index < -0.39 is 10.0 Å². The minimum atomic E-state index is -3.67. The molecule has 5 nitrogen and oxygen atoms in total. The number of nitrogens with zero attached hydrogens (tertiary/aromatic N) is 3. The van der Waals surface area contributed by atoms with Crippen LogP contribution >= 0.6 is 23.2 Å². The minimum absolute atomic E-state index is 0.0466. The Labute approximate surface area is 110 Å². The predicted molar refractivity (Wildman–Crippen MR) is 64.3 cm³/mol. The summed E-state index contributed by atoms with van der Waals surface area (Å²) in [6.45, 7) is 0.110. The van der Waals surface area contributed by atoms with Gasteiger partial charge < -0.3 is 0 Å². The van der Waals surface area contributed by atoms with Crippen molar-refractivity contribution in [2.24, 2.45) is 0 Å². The topological polar surface area (TPSA) is 74.1 Å². The molecule has 0 N–H and O–H groups in total. The van der Waals surface area contributed by atoms with E-state index in [-0.39, 0.29) is 28.0 Å². The first-order valence-corrected chi connectivity index (χ1v) is 6.73. The Hall–Kier alpha value is -0.870. The third-order valence-corrected chi connectivity index (χ3v) is 4.53. The maximum atomic E-state index is 12.0. The number of sulfonamides is 1. The lowest BCUT2D eigenvalue weighted by atomic mass is 10.5. The molecule has 0 aliphatic carbocycles. The van der Waals surface area contributed by atoms with E-state index in [0.717, 1.165) is 10.5 Å². The van der Waals surface area contributed by atoms with Gasteiger partial charge >= 0.3 is 0 Å². The van der Waals surface area contributed by atoms with Crippen molar-refractivity contribution in [1.82, 2.24) is 9.29 Å². The molecular weight excluding hydrogens is 285 g/mol. The van der Waals surface area contributed by atoms with E-state index in [9.17, 15) is 8.42 Å². The van der Waals surface area contributed by atoms with Gasteiger partial charge in [0.15, 0.2) is 0 Å². The Morgan fingerprint density at radius 1 is 1.53 bits per heavy atom. The molecule has 17 heavy (non-hydrogen) atoms. The summed E-state index contributed by atoms with van der Waals surface area (Å²) in [5, 5.41) is 8.53. The molecule has 1 heterocycles. The predicted octanol–water partition coefficient (Wildman–Crippen LogP) is 1.92. The van der Waals surface area contributed by atoms with Gasteiger partial charge in [0, 0.05) is 26.2 Å². The smallest absolute Gasteiger partial charge is 0.242 e. The lowest BCUT2D eigenvalue weighted by Gasteiger charge is -2.15. The maximum absolute atomic E-state index is 12.0. The van der Waals surface area contributed by atoms with Gasteiger partial charge in [0.05, 0.1) is 11.1 Å². The van der Waals surface area contributed by atoms with Crippen LogP contribution in [0.25, 0.3) is 0 Å². The number of hydrogen-bond donors (Lipinski definition) is 0. The number of rotatable bonds is 4. The zero-order chi connectivity index (χ0) is 13.1. The van der Waals surface area contributed by atoms with Crippen molar-refractivity contribution < 1.29 is 8.42 Å². The number of aromatic nitrogens is 1. The summed E-state index contributed by atoms with van der Waals surface area (Å²) in [7, 11) is -2.29. The van der Waals surface area contributed by atoms with Crippen LogP contribution in [0.5, 0.6) is 0 Å². The van der Waals surface area contributed by atoms with Gasteiger partial charge in [0.2, 0.25) is 10.0 Å². The van der Waals surface area contributed by atoms with Crippen LogP contribution in [0, 0.1) is 11.3 Å². The van der Waals surface area contributed by atoms with Gasteiger partial charge in [-0.15, -0.1) is 0 Å². The average molecular weight is 294 g/mol. The average Bonchev–Trinajstić information content (AvgIpc) is 2.29. The lowest BCUT2D eigenvalue weighted by molar-refractivity contribution is 0.476. The first-order valence-electron chi connectivity index (χ1n) is 4.54. The second-order valence-electron chi connectivity index (χ2n) is 3.18. The summed E-state index contributed by atoms with van der Waals surface area (Å²) >= 11 is 11.3. The summed E-state index contributed by atoms with van der Waals surface area (Å²) in [6.07, 6.45) is 1.25. The highest BCUT2D eigenvalue weighted by Gasteiger charge is 2.21. The number of pyridine rings is 1. The van der Waals surface area contributed by atoms with E-state index in [2.05, 4.69) is 4.98 Å². The highest BCUT2D eigenvalue weighted by atomic mass is 35.5. The van der Waals surface area contributed by atoms with Crippen LogP contribution in [-0.2, 0) is 10.0 Å². The minimum Gasteiger partial charge on any atom is -0.242 e. The molecule has 0 aromatic carbocycles. The third kappa shape index (κ3) is 3.30. The zero-order valence-electron chi connectivity index (χ0n) is 8.89. The van der Waals surface area contributed by atoms with E-state index in [1.165, 1.54) is 13.1 Å². The molecule has 0 unspecified atom stereocenters. The van der Waals surface area contributed by atoms with Gasteiger partial charge in [-0.1, -0.05) is 23.2 Å². The molecule has 92 valence electrons. The molecule has 1 aromatic rings. The summed E-state index contributed by atoms with van der Waals surface area (Å²) in [5.41, 5.74) is 0. The molecule has 1 aromatic heterocycles. The summed E-state index contributed by atoms with van der Waals surface area (Å²) in [5.74, 6) is 0. The van der Waals surface area contributed by atoms with Gasteiger partial charge in [-0.05, 0) is 6.07 Å². The van der Waals surface area contributed by atoms with Crippen molar-refractivity contribution >= 4 is 33.2 Å². The van der Waals surface area contributed by atoms with E-state index >= 15 is 0 Å². The van der Waals surface area contributed by atoms with Crippen molar-refractivity contribution in [1.29, 1.82) is 5.26 Å². The second kappa shape index (κ2) is 5.65. The molecule has 0 aliphatic rings. The fourth-order valence-corrected chi connectivity index (χ4v) is 2.53. The van der Waals surface area contributed by atoms with E-state index in [0.29, 0.717) is 0 Å². The van der Waals surface area contributed by atoms with Crippen LogP contribution in [0.3, 0.4) is 0 Å². The molecule has 0 saturated heterocycles. The second-order valence-corrected chi connectivity index (χ2v) is 5.99. The highest BCUT2D eigenvalue weighted by Crippen LogP contribution is 2.23. The zero-order valence-corrected chi connectivity index (χ0v) is 11.2. The molecule has 0 saturated carbocycles. The maximum Gasteiger partial charge on any atom is 0.244 e.